The van der Waals surface area contributed by atoms with E-state index in [2.05, 4.69) is 35.0 Å². The molecular formula is C20H37N3O7Si. The highest BCUT2D eigenvalue weighted by molar-refractivity contribution is 6.76. The molecule has 31 heavy (non-hydrogen) atoms. The minimum atomic E-state index is -1.29. The maximum absolute atomic E-state index is 12.4. The molecular weight excluding hydrogens is 422 g/mol. The summed E-state index contributed by atoms with van der Waals surface area (Å²) in [5.74, 6) is -1.15. The van der Waals surface area contributed by atoms with E-state index in [1.165, 1.54) is 12.0 Å². The smallest absolute Gasteiger partial charge is 0.410 e. The van der Waals surface area contributed by atoms with E-state index in [-0.39, 0.29) is 26.2 Å². The SMILES string of the molecule is COC(=O)/C=C/C(=O)NCCN(CCNC(=O)OCC[Si](C)(C)C)C(=O)OC(C)(C)C. The van der Waals surface area contributed by atoms with Crippen LogP contribution in [0.25, 0.3) is 0 Å². The number of nitrogens with one attached hydrogen (secondary N) is 2. The number of esters is 1. The number of carbonyl (C=O) groups excluding carboxylic acids is 4. The van der Waals surface area contributed by atoms with E-state index < -0.39 is 37.7 Å². The summed E-state index contributed by atoms with van der Waals surface area (Å²) >= 11 is 0. The van der Waals surface area contributed by atoms with E-state index >= 15 is 0 Å². The van der Waals surface area contributed by atoms with Gasteiger partial charge in [-0.1, -0.05) is 19.6 Å². The van der Waals surface area contributed by atoms with Crippen molar-refractivity contribution < 1.29 is 33.4 Å². The zero-order chi connectivity index (χ0) is 24.1. The van der Waals surface area contributed by atoms with Gasteiger partial charge in [0.15, 0.2) is 0 Å². The van der Waals surface area contributed by atoms with Crippen LogP contribution in [0.3, 0.4) is 0 Å². The molecule has 11 heteroatoms. The zero-order valence-electron chi connectivity index (χ0n) is 19.7. The Morgan fingerprint density at radius 3 is 2.06 bits per heavy atom. The molecule has 2 N–H and O–H groups in total. The van der Waals surface area contributed by atoms with Crippen molar-refractivity contribution >= 4 is 32.1 Å². The van der Waals surface area contributed by atoms with Crippen LogP contribution in [-0.4, -0.2) is 82.5 Å². The topological polar surface area (TPSA) is 123 Å². The quantitative estimate of drug-likeness (QED) is 0.210. The maximum atomic E-state index is 12.4. The van der Waals surface area contributed by atoms with Crippen molar-refractivity contribution in [2.45, 2.75) is 52.1 Å². The monoisotopic (exact) mass is 459 g/mol. The first-order chi connectivity index (χ1) is 14.2. The number of amides is 3. The number of alkyl carbamates (subject to hydrolysis) is 1. The standard InChI is InChI=1S/C20H37N3O7Si/c1-20(2,3)30-19(27)23(12-10-21-16(24)8-9-17(25)28-4)13-11-22-18(26)29-14-15-31(5,6)7/h8-9H,10-15H2,1-7H3,(H,21,24)(H,22,26)/b9-8+. The molecule has 0 aromatic heterocycles. The lowest BCUT2D eigenvalue weighted by molar-refractivity contribution is -0.135. The van der Waals surface area contributed by atoms with Gasteiger partial charge in [-0.25, -0.2) is 14.4 Å². The van der Waals surface area contributed by atoms with Crippen LogP contribution in [0.15, 0.2) is 12.2 Å². The highest BCUT2D eigenvalue weighted by atomic mass is 28.3. The van der Waals surface area contributed by atoms with E-state index in [4.69, 9.17) is 9.47 Å². The first-order valence-corrected chi connectivity index (χ1v) is 13.9. The molecule has 178 valence electrons. The molecule has 3 amide bonds. The molecule has 0 saturated heterocycles. The Morgan fingerprint density at radius 2 is 1.55 bits per heavy atom. The first-order valence-electron chi connectivity index (χ1n) is 10.2. The van der Waals surface area contributed by atoms with Crippen molar-refractivity contribution in [3.05, 3.63) is 12.2 Å². The van der Waals surface area contributed by atoms with Crippen molar-refractivity contribution in [3.63, 3.8) is 0 Å². The van der Waals surface area contributed by atoms with Gasteiger partial charge in [0.2, 0.25) is 5.91 Å². The van der Waals surface area contributed by atoms with Gasteiger partial charge in [0.25, 0.3) is 0 Å². The van der Waals surface area contributed by atoms with Crippen molar-refractivity contribution in [3.8, 4) is 0 Å². The van der Waals surface area contributed by atoms with Gasteiger partial charge < -0.3 is 29.7 Å². The molecule has 0 heterocycles. The van der Waals surface area contributed by atoms with Gasteiger partial charge in [-0.2, -0.15) is 0 Å². The molecule has 0 rings (SSSR count). The molecule has 0 fully saturated rings. The molecule has 0 aliphatic heterocycles. The van der Waals surface area contributed by atoms with Crippen molar-refractivity contribution in [1.29, 1.82) is 0 Å². The lowest BCUT2D eigenvalue weighted by Crippen LogP contribution is -2.44. The number of methoxy groups -OCH3 is 1. The van der Waals surface area contributed by atoms with Gasteiger partial charge in [0.05, 0.1) is 13.7 Å². The number of carbonyl (C=O) groups is 4. The maximum Gasteiger partial charge on any atom is 0.410 e. The van der Waals surface area contributed by atoms with E-state index in [1.54, 1.807) is 20.8 Å². The minimum Gasteiger partial charge on any atom is -0.466 e. The molecule has 0 radical (unpaired) electrons. The van der Waals surface area contributed by atoms with Crippen LogP contribution < -0.4 is 10.6 Å². The largest absolute Gasteiger partial charge is 0.466 e. The average molecular weight is 460 g/mol. The highest BCUT2D eigenvalue weighted by Gasteiger charge is 2.22. The molecule has 0 unspecified atom stereocenters. The Hall–Kier alpha value is -2.56. The van der Waals surface area contributed by atoms with Crippen LogP contribution in [0.2, 0.25) is 25.7 Å². The Balaban J connectivity index is 4.59. The second-order valence-electron chi connectivity index (χ2n) is 8.99. The molecule has 0 aromatic rings. The molecule has 0 aromatic carbocycles. The summed E-state index contributed by atoms with van der Waals surface area (Å²) in [6, 6.07) is 0.870. The van der Waals surface area contributed by atoms with E-state index in [0.29, 0.717) is 6.61 Å². The predicted molar refractivity (Wildman–Crippen MR) is 119 cm³/mol. The Morgan fingerprint density at radius 1 is 0.968 bits per heavy atom. The summed E-state index contributed by atoms with van der Waals surface area (Å²) in [5.41, 5.74) is -0.689. The van der Waals surface area contributed by atoms with Crippen LogP contribution in [0.4, 0.5) is 9.59 Å². The summed E-state index contributed by atoms with van der Waals surface area (Å²) in [7, 11) is -0.0816. The van der Waals surface area contributed by atoms with Gasteiger partial charge in [-0.3, -0.25) is 4.79 Å². The Labute approximate surface area is 185 Å². The van der Waals surface area contributed by atoms with Gasteiger partial charge in [-0.15, -0.1) is 0 Å². The van der Waals surface area contributed by atoms with Gasteiger partial charge in [-0.05, 0) is 26.8 Å². The fourth-order valence-corrected chi connectivity index (χ4v) is 2.71. The number of nitrogens with zero attached hydrogens (tertiary/aromatic N) is 1. The number of hydrogen-bond donors (Lipinski definition) is 2. The number of rotatable bonds is 11. The van der Waals surface area contributed by atoms with Crippen LogP contribution in [0.5, 0.6) is 0 Å². The Kier molecular flexibility index (Phi) is 12.6. The second-order valence-corrected chi connectivity index (χ2v) is 14.6. The number of ether oxygens (including phenoxy) is 3. The summed E-state index contributed by atoms with van der Waals surface area (Å²) in [6.45, 7) is 12.8. The highest BCUT2D eigenvalue weighted by Crippen LogP contribution is 2.10. The first kappa shape index (κ1) is 28.4. The van der Waals surface area contributed by atoms with Gasteiger partial charge in [0, 0.05) is 46.4 Å². The molecule has 0 bridgehead atoms. The fraction of sp³-hybridized carbons (Fsp3) is 0.700. The molecule has 10 nitrogen and oxygen atoms in total. The van der Waals surface area contributed by atoms with Crippen LogP contribution in [-0.2, 0) is 23.8 Å². The fourth-order valence-electron chi connectivity index (χ4n) is 2.00. The molecule has 0 spiro atoms. The van der Waals surface area contributed by atoms with E-state index in [1.807, 2.05) is 0 Å². The molecule has 0 aliphatic rings. The predicted octanol–water partition coefficient (Wildman–Crippen LogP) is 2.13. The van der Waals surface area contributed by atoms with Crippen LogP contribution >= 0.6 is 0 Å². The third-order valence-electron chi connectivity index (χ3n) is 3.64. The lowest BCUT2D eigenvalue weighted by atomic mass is 10.2. The van der Waals surface area contributed by atoms with Gasteiger partial charge >= 0.3 is 18.2 Å². The van der Waals surface area contributed by atoms with Crippen molar-refractivity contribution in [2.75, 3.05) is 39.9 Å². The normalized spacial score (nSPS) is 11.6. The van der Waals surface area contributed by atoms with Crippen molar-refractivity contribution in [2.24, 2.45) is 0 Å². The third kappa shape index (κ3) is 16.9. The summed E-state index contributed by atoms with van der Waals surface area (Å²) in [6.07, 6.45) is 0.935. The lowest BCUT2D eigenvalue weighted by Gasteiger charge is -2.27. The average Bonchev–Trinajstić information content (AvgIpc) is 2.62. The number of hydrogen-bond acceptors (Lipinski definition) is 7. The molecule has 0 aliphatic carbocycles. The summed E-state index contributed by atoms with van der Waals surface area (Å²) in [5, 5.41) is 5.17. The van der Waals surface area contributed by atoms with E-state index in [0.717, 1.165) is 18.2 Å². The molecule has 0 saturated carbocycles. The van der Waals surface area contributed by atoms with Crippen LogP contribution in [0.1, 0.15) is 20.8 Å². The van der Waals surface area contributed by atoms with Crippen LogP contribution in [0, 0.1) is 0 Å². The summed E-state index contributed by atoms with van der Waals surface area (Å²) < 4.78 is 14.9. The van der Waals surface area contributed by atoms with Gasteiger partial charge in [0.1, 0.15) is 5.60 Å². The second kappa shape index (κ2) is 13.7. The Bertz CT molecular complexity index is 640. The van der Waals surface area contributed by atoms with E-state index in [9.17, 15) is 19.2 Å². The van der Waals surface area contributed by atoms with Crippen molar-refractivity contribution in [1.82, 2.24) is 15.5 Å². The minimum absolute atomic E-state index is 0.129. The summed E-state index contributed by atoms with van der Waals surface area (Å²) in [4.78, 5) is 48.3. The zero-order valence-corrected chi connectivity index (χ0v) is 20.7. The molecule has 0 atom stereocenters. The third-order valence-corrected chi connectivity index (χ3v) is 5.35.